The first-order chi connectivity index (χ1) is 31.0. The summed E-state index contributed by atoms with van der Waals surface area (Å²) in [6.45, 7) is 0. The molecule has 6 atom stereocenters. The van der Waals surface area contributed by atoms with E-state index in [0.29, 0.717) is 45.0 Å². The fraction of sp³-hybridized carbons (Fsp3) is 0.231. The minimum atomic E-state index is -0.878. The molecule has 2 saturated heterocycles. The van der Waals surface area contributed by atoms with E-state index in [9.17, 15) is 24.3 Å². The minimum Gasteiger partial charge on any atom is -0.508 e. The van der Waals surface area contributed by atoms with E-state index in [1.807, 2.05) is 91.0 Å². The third-order valence-corrected chi connectivity index (χ3v) is 13.3. The van der Waals surface area contributed by atoms with Crippen LogP contribution in [0.5, 0.6) is 28.7 Å². The molecule has 0 bridgehead atoms. The van der Waals surface area contributed by atoms with Crippen molar-refractivity contribution in [3.8, 4) is 28.7 Å². The first kappa shape index (κ1) is 42.2. The summed E-state index contributed by atoms with van der Waals surface area (Å²) in [5.74, 6) is -3.27. The summed E-state index contributed by atoms with van der Waals surface area (Å²) in [6, 6.07) is 30.0. The van der Waals surface area contributed by atoms with Crippen molar-refractivity contribution in [1.82, 2.24) is 0 Å². The Morgan fingerprint density at radius 1 is 0.562 bits per heavy atom. The molecule has 2 heterocycles. The van der Waals surface area contributed by atoms with Gasteiger partial charge >= 0.3 is 0 Å². The van der Waals surface area contributed by atoms with Crippen LogP contribution in [0.4, 0.5) is 11.4 Å². The van der Waals surface area contributed by atoms with Gasteiger partial charge in [0.1, 0.15) is 28.7 Å². The van der Waals surface area contributed by atoms with Gasteiger partial charge in [0.15, 0.2) is 0 Å². The van der Waals surface area contributed by atoms with Crippen molar-refractivity contribution < 1.29 is 43.2 Å². The lowest BCUT2D eigenvalue weighted by Crippen LogP contribution is -2.43. The summed E-state index contributed by atoms with van der Waals surface area (Å²) in [6.07, 6.45) is 10.00. The third-order valence-electron chi connectivity index (χ3n) is 13.1. The zero-order valence-corrected chi connectivity index (χ0v) is 36.3. The van der Waals surface area contributed by atoms with Gasteiger partial charge in [0.05, 0.1) is 63.5 Å². The maximum atomic E-state index is 14.7. The molecule has 5 aromatic carbocycles. The van der Waals surface area contributed by atoms with Crippen molar-refractivity contribution >= 4 is 70.9 Å². The number of halogens is 1. The predicted octanol–water partition coefficient (Wildman–Crippen LogP) is 9.47. The number of benzene rings is 5. The average Bonchev–Trinajstić information content (AvgIpc) is 3.73. The summed E-state index contributed by atoms with van der Waals surface area (Å²) >= 11 is 6.53. The first-order valence-electron chi connectivity index (χ1n) is 21.0. The van der Waals surface area contributed by atoms with Crippen molar-refractivity contribution in [1.29, 1.82) is 0 Å². The topological polar surface area (TPSA) is 132 Å². The zero-order chi connectivity index (χ0) is 44.8. The largest absolute Gasteiger partial charge is 0.508 e. The monoisotopic (exact) mass is 876 g/mol. The molecule has 4 aliphatic rings. The Labute approximate surface area is 375 Å². The highest BCUT2D eigenvalue weighted by molar-refractivity contribution is 6.30. The van der Waals surface area contributed by atoms with E-state index in [-0.39, 0.29) is 30.4 Å². The number of phenolic OH excluding ortho intramolecular Hbond substituents is 1. The molecule has 9 rings (SSSR count). The highest BCUT2D eigenvalue weighted by Gasteiger charge is 2.62. The molecule has 12 heteroatoms. The van der Waals surface area contributed by atoms with Crippen LogP contribution in [0.3, 0.4) is 0 Å². The lowest BCUT2D eigenvalue weighted by Gasteiger charge is -2.44. The van der Waals surface area contributed by atoms with Crippen LogP contribution in [-0.4, -0.2) is 57.2 Å². The summed E-state index contributed by atoms with van der Waals surface area (Å²) in [5, 5.41) is 11.7. The number of ether oxygens (including phenoxy) is 4. The van der Waals surface area contributed by atoms with Gasteiger partial charge in [0.25, 0.3) is 0 Å². The molecule has 0 aromatic heterocycles. The Hall–Kier alpha value is -7.11. The van der Waals surface area contributed by atoms with Crippen LogP contribution in [0.2, 0.25) is 5.02 Å². The molecule has 0 radical (unpaired) electrons. The van der Waals surface area contributed by atoms with Crippen molar-refractivity contribution in [2.75, 3.05) is 38.2 Å². The quantitative estimate of drug-likeness (QED) is 0.0783. The number of allylic oxidation sites excluding steroid dienone is 2. The highest BCUT2D eigenvalue weighted by Crippen LogP contribution is 2.59. The predicted molar refractivity (Wildman–Crippen MR) is 245 cm³/mol. The van der Waals surface area contributed by atoms with E-state index in [1.54, 1.807) is 64.8 Å². The summed E-state index contributed by atoms with van der Waals surface area (Å²) in [4.78, 5) is 60.7. The summed E-state index contributed by atoms with van der Waals surface area (Å²) < 4.78 is 21.8. The van der Waals surface area contributed by atoms with Crippen LogP contribution in [0.25, 0.3) is 24.3 Å². The van der Waals surface area contributed by atoms with Crippen molar-refractivity contribution in [2.45, 2.75) is 18.8 Å². The van der Waals surface area contributed by atoms with Gasteiger partial charge in [-0.25, -0.2) is 0 Å². The van der Waals surface area contributed by atoms with E-state index in [2.05, 4.69) is 0 Å². The van der Waals surface area contributed by atoms with Crippen LogP contribution >= 0.6 is 11.6 Å². The number of nitrogens with zero attached hydrogens (tertiary/aromatic N) is 2. The maximum Gasteiger partial charge on any atom is 0.238 e. The van der Waals surface area contributed by atoms with Crippen LogP contribution < -0.4 is 28.7 Å². The van der Waals surface area contributed by atoms with E-state index in [0.717, 1.165) is 27.8 Å². The molecular weight excluding hydrogens is 832 g/mol. The number of fused-ring (bicyclic) bond motifs is 4. The molecule has 5 aromatic rings. The molecule has 64 heavy (non-hydrogen) atoms. The van der Waals surface area contributed by atoms with Crippen LogP contribution in [0.15, 0.2) is 115 Å². The fourth-order valence-electron chi connectivity index (χ4n) is 10.0. The van der Waals surface area contributed by atoms with Gasteiger partial charge in [0, 0.05) is 27.6 Å². The number of hydrogen-bond acceptors (Lipinski definition) is 9. The van der Waals surface area contributed by atoms with Gasteiger partial charge in [-0.1, -0.05) is 71.8 Å². The maximum absolute atomic E-state index is 14.7. The molecule has 11 nitrogen and oxygen atoms in total. The van der Waals surface area contributed by atoms with Crippen LogP contribution in [-0.2, 0) is 19.2 Å². The van der Waals surface area contributed by atoms with Crippen molar-refractivity contribution in [3.05, 3.63) is 148 Å². The smallest absolute Gasteiger partial charge is 0.238 e. The molecular formula is C52H45ClN2O9. The molecule has 1 saturated carbocycles. The lowest BCUT2D eigenvalue weighted by atomic mass is 9.57. The zero-order valence-electron chi connectivity index (χ0n) is 35.6. The van der Waals surface area contributed by atoms with Crippen LogP contribution in [0, 0.1) is 29.6 Å². The first-order valence-corrected chi connectivity index (χ1v) is 21.4. The van der Waals surface area contributed by atoms with Gasteiger partial charge in [0.2, 0.25) is 23.6 Å². The minimum absolute atomic E-state index is 0.0752. The number of carbonyl (C=O) groups is 4. The number of rotatable bonds is 11. The second-order valence-electron chi connectivity index (χ2n) is 16.3. The Kier molecular flexibility index (Phi) is 11.4. The number of phenols is 1. The number of anilines is 2. The lowest BCUT2D eigenvalue weighted by molar-refractivity contribution is -0.126. The SMILES string of the molecule is COc1ccc(OC)c(C=Cc2ccc(N3C(=O)[C@H]4[C@H](CC=C5[C@H]4C[C@H]4C(=O)N(c6ccc(C=Cc7cc(OC)ccc7OC)cc6)C(=O)[C@H]4[C@H]5c4cc(Cl)ccc4O)C3=O)cc2)c1. The molecule has 3 fully saturated rings. The van der Waals surface area contributed by atoms with Gasteiger partial charge in [-0.2, -0.15) is 0 Å². The Morgan fingerprint density at radius 2 is 1.08 bits per heavy atom. The van der Waals surface area contributed by atoms with Crippen molar-refractivity contribution in [2.24, 2.45) is 29.6 Å². The number of hydrogen-bond donors (Lipinski definition) is 1. The van der Waals surface area contributed by atoms with E-state index in [1.165, 1.54) is 15.9 Å². The van der Waals surface area contributed by atoms with Gasteiger partial charge < -0.3 is 24.1 Å². The van der Waals surface area contributed by atoms with Gasteiger partial charge in [-0.15, -0.1) is 0 Å². The molecule has 2 aliphatic heterocycles. The van der Waals surface area contributed by atoms with Gasteiger partial charge in [-0.3, -0.25) is 29.0 Å². The van der Waals surface area contributed by atoms with Crippen LogP contribution in [0.1, 0.15) is 46.6 Å². The number of imide groups is 2. The average molecular weight is 877 g/mol. The van der Waals surface area contributed by atoms with E-state index >= 15 is 0 Å². The standard InChI is InChI=1S/C52H45ClN2O9/c1-61-36-18-23-44(63-3)31(25-36)11-5-29-7-14-34(15-8-29)54-49(57)39-21-20-38-40(47(39)51(54)59)28-42-48(46(38)41-27-33(53)13-22-43(41)56)52(60)55(50(42)58)35-16-9-30(10-17-35)6-12-32-26-37(62-2)19-24-45(32)64-4/h5-20,22-27,39-40,42,46-48,56H,21,28H2,1-4H3/t39-,40+,42+,46+,47-,48+/m0/s1. The number of methoxy groups -OCH3 is 4. The third kappa shape index (κ3) is 7.39. The summed E-state index contributed by atoms with van der Waals surface area (Å²) in [5.41, 5.74) is 5.30. The molecule has 2 aliphatic carbocycles. The molecule has 4 amide bonds. The second kappa shape index (κ2) is 17.2. The van der Waals surface area contributed by atoms with E-state index in [4.69, 9.17) is 30.5 Å². The van der Waals surface area contributed by atoms with E-state index < -0.39 is 47.3 Å². The summed E-state index contributed by atoms with van der Waals surface area (Å²) in [7, 11) is 6.39. The number of carbonyl (C=O) groups excluding carboxylic acids is 4. The van der Waals surface area contributed by atoms with Gasteiger partial charge in [-0.05, 0) is 109 Å². The molecule has 0 spiro atoms. The fourth-order valence-corrected chi connectivity index (χ4v) is 10.2. The van der Waals surface area contributed by atoms with Crippen molar-refractivity contribution in [3.63, 3.8) is 0 Å². The Morgan fingerprint density at radius 3 is 1.59 bits per heavy atom. The highest BCUT2D eigenvalue weighted by atomic mass is 35.5. The number of amides is 4. The Bertz CT molecular complexity index is 2780. The molecule has 1 N–H and O–H groups in total. The normalized spacial score (nSPS) is 22.7. The molecule has 0 unspecified atom stereocenters. The Balaban J connectivity index is 1.00. The number of aromatic hydroxyl groups is 1. The second-order valence-corrected chi connectivity index (χ2v) is 16.8. The molecule has 324 valence electrons.